The molecule has 2 unspecified atom stereocenters. The highest BCUT2D eigenvalue weighted by molar-refractivity contribution is 5.33. The van der Waals surface area contributed by atoms with Crippen LogP contribution in [0.2, 0.25) is 0 Å². The Morgan fingerprint density at radius 1 is 0.659 bits per heavy atom. The molecular weight excluding hydrogens is 496 g/mol. The number of aromatic nitrogens is 2. The van der Waals surface area contributed by atoms with Crippen LogP contribution in [0.15, 0.2) is 73.1 Å². The van der Waals surface area contributed by atoms with Gasteiger partial charge in [-0.1, -0.05) is 178 Å². The summed E-state index contributed by atoms with van der Waals surface area (Å²) < 4.78 is 2.47. The van der Waals surface area contributed by atoms with Gasteiger partial charge in [0, 0.05) is 30.3 Å². The molecule has 0 radical (unpaired) electrons. The zero-order chi connectivity index (χ0) is 29.2. The van der Waals surface area contributed by atoms with E-state index in [2.05, 4.69) is 99.1 Å². The van der Waals surface area contributed by atoms with Gasteiger partial charge in [-0.25, -0.2) is 4.98 Å². The lowest BCUT2D eigenvalue weighted by molar-refractivity contribution is 0.281. The van der Waals surface area contributed by atoms with Crippen LogP contribution in [0.1, 0.15) is 147 Å². The Labute approximate surface area is 253 Å². The molecule has 1 aromatic heterocycles. The van der Waals surface area contributed by atoms with E-state index in [1.54, 1.807) is 0 Å². The number of imidazole rings is 1. The van der Waals surface area contributed by atoms with Crippen molar-refractivity contribution in [1.29, 1.82) is 0 Å². The molecule has 41 heavy (non-hydrogen) atoms. The van der Waals surface area contributed by atoms with Gasteiger partial charge in [-0.15, -0.1) is 0 Å². The Bertz CT molecular complexity index is 1040. The number of hydrogen-bond donors (Lipinski definition) is 0. The predicted octanol–water partition coefficient (Wildman–Crippen LogP) is 11.7. The minimum atomic E-state index is -0.0467. The standard InChI is InChI=1S/C39H60N2/c1-5-6-7-8-9-10-11-12-13-14-15-16-17-18-25-31-41-32-30-40-38(41)37(34(2)3)39(4,36-28-23-20-24-29-36)33-35-26-21-19-22-27-35/h19-24,26-30,32,34,37H,5-18,25,31,33H2,1-4H3. The van der Waals surface area contributed by atoms with Crippen LogP contribution in [0.5, 0.6) is 0 Å². The molecule has 0 saturated carbocycles. The van der Waals surface area contributed by atoms with Crippen LogP contribution >= 0.6 is 0 Å². The fourth-order valence-corrected chi connectivity index (χ4v) is 6.99. The molecule has 0 fully saturated rings. The maximum absolute atomic E-state index is 5.02. The second kappa shape index (κ2) is 19.0. The summed E-state index contributed by atoms with van der Waals surface area (Å²) in [5, 5.41) is 0. The molecule has 3 rings (SSSR count). The van der Waals surface area contributed by atoms with E-state index in [0.717, 1.165) is 13.0 Å². The second-order valence-electron chi connectivity index (χ2n) is 13.1. The summed E-state index contributed by atoms with van der Waals surface area (Å²) >= 11 is 0. The topological polar surface area (TPSA) is 17.8 Å². The van der Waals surface area contributed by atoms with Crippen molar-refractivity contribution >= 4 is 0 Å². The minimum Gasteiger partial charge on any atom is -0.335 e. The van der Waals surface area contributed by atoms with Crippen molar-refractivity contribution in [2.24, 2.45) is 5.92 Å². The molecule has 0 aliphatic carbocycles. The smallest absolute Gasteiger partial charge is 0.112 e. The number of rotatable bonds is 22. The maximum atomic E-state index is 5.02. The monoisotopic (exact) mass is 556 g/mol. The first kappa shape index (κ1) is 33.2. The number of aryl methyl sites for hydroxylation is 1. The van der Waals surface area contributed by atoms with E-state index in [1.807, 2.05) is 6.20 Å². The van der Waals surface area contributed by atoms with Gasteiger partial charge in [0.25, 0.3) is 0 Å². The molecule has 226 valence electrons. The van der Waals surface area contributed by atoms with Gasteiger partial charge in [0.15, 0.2) is 0 Å². The molecule has 1 heterocycles. The highest BCUT2D eigenvalue weighted by Gasteiger charge is 2.41. The molecule has 2 atom stereocenters. The first-order valence-corrected chi connectivity index (χ1v) is 17.2. The van der Waals surface area contributed by atoms with Crippen molar-refractivity contribution in [1.82, 2.24) is 9.55 Å². The van der Waals surface area contributed by atoms with Crippen LogP contribution in [-0.2, 0) is 18.4 Å². The van der Waals surface area contributed by atoms with E-state index in [9.17, 15) is 0 Å². The summed E-state index contributed by atoms with van der Waals surface area (Å²) in [6.45, 7) is 10.6. The summed E-state index contributed by atoms with van der Waals surface area (Å²) in [6, 6.07) is 22.2. The number of hydrogen-bond acceptors (Lipinski definition) is 1. The van der Waals surface area contributed by atoms with Gasteiger partial charge >= 0.3 is 0 Å². The Balaban J connectivity index is 1.47. The normalized spacial score (nSPS) is 13.9. The molecule has 0 saturated heterocycles. The molecule has 2 heteroatoms. The Morgan fingerprint density at radius 2 is 1.15 bits per heavy atom. The van der Waals surface area contributed by atoms with Crippen molar-refractivity contribution in [2.75, 3.05) is 0 Å². The Hall–Kier alpha value is -2.35. The summed E-state index contributed by atoms with van der Waals surface area (Å²) in [6.07, 6.45) is 26.3. The number of unbranched alkanes of at least 4 members (excludes halogenated alkanes) is 14. The van der Waals surface area contributed by atoms with E-state index in [-0.39, 0.29) is 5.41 Å². The van der Waals surface area contributed by atoms with Gasteiger partial charge in [-0.2, -0.15) is 0 Å². The third-order valence-electron chi connectivity index (χ3n) is 9.23. The van der Waals surface area contributed by atoms with E-state index in [1.165, 1.54) is 113 Å². The lowest BCUT2D eigenvalue weighted by Gasteiger charge is -2.41. The van der Waals surface area contributed by atoms with Crippen molar-refractivity contribution in [3.63, 3.8) is 0 Å². The van der Waals surface area contributed by atoms with Crippen molar-refractivity contribution in [3.8, 4) is 0 Å². The summed E-state index contributed by atoms with van der Waals surface area (Å²) in [4.78, 5) is 5.02. The molecule has 0 aliphatic rings. The molecule has 0 aliphatic heterocycles. The zero-order valence-corrected chi connectivity index (χ0v) is 27.0. The summed E-state index contributed by atoms with van der Waals surface area (Å²) in [5.41, 5.74) is 2.75. The van der Waals surface area contributed by atoms with Gasteiger partial charge in [-0.3, -0.25) is 0 Å². The molecule has 0 bridgehead atoms. The number of nitrogens with zero attached hydrogens (tertiary/aromatic N) is 2. The number of benzene rings is 2. The molecule has 3 aromatic rings. The quantitative estimate of drug-likeness (QED) is 0.113. The van der Waals surface area contributed by atoms with E-state index >= 15 is 0 Å². The van der Waals surface area contributed by atoms with Gasteiger partial charge in [0.05, 0.1) is 0 Å². The fourth-order valence-electron chi connectivity index (χ4n) is 6.99. The van der Waals surface area contributed by atoms with E-state index < -0.39 is 0 Å². The Morgan fingerprint density at radius 3 is 1.66 bits per heavy atom. The van der Waals surface area contributed by atoms with Gasteiger partial charge in [-0.05, 0) is 29.9 Å². The molecule has 2 nitrogen and oxygen atoms in total. The second-order valence-corrected chi connectivity index (χ2v) is 13.1. The lowest BCUT2D eigenvalue weighted by Crippen LogP contribution is -2.37. The molecule has 2 aromatic carbocycles. The highest BCUT2D eigenvalue weighted by atomic mass is 15.1. The molecular formula is C39H60N2. The average Bonchev–Trinajstić information content (AvgIpc) is 3.43. The highest BCUT2D eigenvalue weighted by Crippen LogP contribution is 2.45. The minimum absolute atomic E-state index is 0.0467. The maximum Gasteiger partial charge on any atom is 0.112 e. The van der Waals surface area contributed by atoms with Crippen LogP contribution in [0.25, 0.3) is 0 Å². The van der Waals surface area contributed by atoms with Crippen molar-refractivity contribution < 1.29 is 0 Å². The SMILES string of the molecule is CCCCCCCCCCCCCCCCCn1ccnc1C(C(C)C)C(C)(Cc1ccccc1)c1ccccc1. The van der Waals surface area contributed by atoms with E-state index in [0.29, 0.717) is 11.8 Å². The average molecular weight is 557 g/mol. The summed E-state index contributed by atoms with van der Waals surface area (Å²) in [5.74, 6) is 2.07. The van der Waals surface area contributed by atoms with Crippen molar-refractivity contribution in [3.05, 3.63) is 90.0 Å². The zero-order valence-electron chi connectivity index (χ0n) is 27.0. The largest absolute Gasteiger partial charge is 0.335 e. The van der Waals surface area contributed by atoms with Crippen LogP contribution in [0.4, 0.5) is 0 Å². The fraction of sp³-hybridized carbons (Fsp3) is 0.615. The van der Waals surface area contributed by atoms with Gasteiger partial charge in [0.2, 0.25) is 0 Å². The van der Waals surface area contributed by atoms with Crippen LogP contribution < -0.4 is 0 Å². The first-order valence-electron chi connectivity index (χ1n) is 17.2. The molecule has 0 N–H and O–H groups in total. The first-order chi connectivity index (χ1) is 20.1. The summed E-state index contributed by atoms with van der Waals surface area (Å²) in [7, 11) is 0. The van der Waals surface area contributed by atoms with Crippen LogP contribution in [0, 0.1) is 5.92 Å². The lowest BCUT2D eigenvalue weighted by atomic mass is 9.64. The van der Waals surface area contributed by atoms with Gasteiger partial charge < -0.3 is 4.57 Å². The van der Waals surface area contributed by atoms with Crippen LogP contribution in [-0.4, -0.2) is 9.55 Å². The van der Waals surface area contributed by atoms with E-state index in [4.69, 9.17) is 4.98 Å². The third-order valence-corrected chi connectivity index (χ3v) is 9.23. The van der Waals surface area contributed by atoms with Crippen LogP contribution in [0.3, 0.4) is 0 Å². The molecule has 0 amide bonds. The molecule has 0 spiro atoms. The third kappa shape index (κ3) is 11.1. The predicted molar refractivity (Wildman–Crippen MR) is 179 cm³/mol. The van der Waals surface area contributed by atoms with Gasteiger partial charge in [0.1, 0.15) is 5.82 Å². The van der Waals surface area contributed by atoms with Crippen molar-refractivity contribution in [2.45, 2.75) is 148 Å². The Kier molecular flexibility index (Phi) is 15.3.